The number of pyridine rings is 1. The molecule has 112 valence electrons. The Hall–Kier alpha value is -2.82. The zero-order valence-corrected chi connectivity index (χ0v) is 12.0. The molecule has 0 unspecified atom stereocenters. The number of methoxy groups -OCH3 is 1. The Morgan fingerprint density at radius 2 is 1.91 bits per heavy atom. The van der Waals surface area contributed by atoms with E-state index in [-0.39, 0.29) is 11.4 Å². The summed E-state index contributed by atoms with van der Waals surface area (Å²) in [6, 6.07) is 13.3. The Labute approximate surface area is 126 Å². The van der Waals surface area contributed by atoms with Gasteiger partial charge in [-0.1, -0.05) is 0 Å². The summed E-state index contributed by atoms with van der Waals surface area (Å²) in [4.78, 5) is 14.9. The Balaban J connectivity index is 1.87. The molecule has 1 aromatic heterocycles. The summed E-state index contributed by atoms with van der Waals surface area (Å²) in [6.07, 6.45) is 0. The number of nitrogens with one attached hydrogen (secondary N) is 2. The maximum Gasteiger partial charge on any atom is 0.253 e. The lowest BCUT2D eigenvalue weighted by molar-refractivity contribution is 0.415. The average Bonchev–Trinajstić information content (AvgIpc) is 2.54. The molecule has 0 amide bonds. The van der Waals surface area contributed by atoms with Crippen molar-refractivity contribution in [2.45, 2.75) is 6.54 Å². The van der Waals surface area contributed by atoms with Crippen LogP contribution in [0, 0.1) is 5.82 Å². The second kappa shape index (κ2) is 5.89. The van der Waals surface area contributed by atoms with E-state index in [4.69, 9.17) is 4.74 Å². The molecule has 2 N–H and O–H groups in total. The third kappa shape index (κ3) is 2.93. The standard InChI is InChI=1S/C17H15FN2O2/c1-22-15-6-7-16-11(9-15)8-12(17(21)20-16)10-19-14-4-2-13(18)3-5-14/h2-9,19H,10H2,1H3,(H,20,21). The van der Waals surface area contributed by atoms with Crippen LogP contribution in [0.4, 0.5) is 10.1 Å². The van der Waals surface area contributed by atoms with Crippen LogP contribution in [0.3, 0.4) is 0 Å². The van der Waals surface area contributed by atoms with Gasteiger partial charge in [0.15, 0.2) is 0 Å². The second-order valence-electron chi connectivity index (χ2n) is 4.94. The van der Waals surface area contributed by atoms with Gasteiger partial charge in [-0.3, -0.25) is 4.79 Å². The van der Waals surface area contributed by atoms with Crippen LogP contribution in [0.5, 0.6) is 5.75 Å². The van der Waals surface area contributed by atoms with Crippen LogP contribution in [0.2, 0.25) is 0 Å². The first kappa shape index (κ1) is 14.1. The topological polar surface area (TPSA) is 54.1 Å². The normalized spacial score (nSPS) is 10.6. The molecule has 0 fully saturated rings. The number of benzene rings is 2. The van der Waals surface area contributed by atoms with Crippen molar-refractivity contribution in [1.29, 1.82) is 0 Å². The fourth-order valence-corrected chi connectivity index (χ4v) is 2.25. The van der Waals surface area contributed by atoms with Crippen molar-refractivity contribution in [3.63, 3.8) is 0 Å². The number of hydrogen-bond donors (Lipinski definition) is 2. The molecule has 22 heavy (non-hydrogen) atoms. The van der Waals surface area contributed by atoms with E-state index >= 15 is 0 Å². The molecule has 3 rings (SSSR count). The average molecular weight is 298 g/mol. The van der Waals surface area contributed by atoms with E-state index in [1.807, 2.05) is 18.2 Å². The third-order valence-electron chi connectivity index (χ3n) is 3.46. The highest BCUT2D eigenvalue weighted by atomic mass is 19.1. The predicted molar refractivity (Wildman–Crippen MR) is 84.8 cm³/mol. The van der Waals surface area contributed by atoms with Crippen LogP contribution in [-0.4, -0.2) is 12.1 Å². The van der Waals surface area contributed by atoms with E-state index in [1.54, 1.807) is 25.3 Å². The molecule has 1 heterocycles. The summed E-state index contributed by atoms with van der Waals surface area (Å²) in [5.41, 5.74) is 1.97. The summed E-state index contributed by atoms with van der Waals surface area (Å²) >= 11 is 0. The molecular weight excluding hydrogens is 283 g/mol. The molecule has 3 aromatic rings. The van der Waals surface area contributed by atoms with Gasteiger partial charge >= 0.3 is 0 Å². The quantitative estimate of drug-likeness (QED) is 0.777. The molecule has 0 aliphatic carbocycles. The molecule has 0 aliphatic heterocycles. The summed E-state index contributed by atoms with van der Waals surface area (Å²) in [5.74, 6) is 0.443. The van der Waals surface area contributed by atoms with E-state index in [9.17, 15) is 9.18 Å². The van der Waals surface area contributed by atoms with Gasteiger partial charge in [0.25, 0.3) is 5.56 Å². The van der Waals surface area contributed by atoms with Gasteiger partial charge in [0.1, 0.15) is 11.6 Å². The largest absolute Gasteiger partial charge is 0.497 e. The van der Waals surface area contributed by atoms with Gasteiger partial charge in [-0.15, -0.1) is 0 Å². The van der Waals surface area contributed by atoms with Crippen LogP contribution in [0.25, 0.3) is 10.9 Å². The van der Waals surface area contributed by atoms with Crippen molar-refractivity contribution in [3.8, 4) is 5.75 Å². The number of aromatic amines is 1. The van der Waals surface area contributed by atoms with Gasteiger partial charge in [0.2, 0.25) is 0 Å². The molecule has 0 spiro atoms. The summed E-state index contributed by atoms with van der Waals surface area (Å²) in [7, 11) is 1.60. The monoisotopic (exact) mass is 298 g/mol. The van der Waals surface area contributed by atoms with Crippen LogP contribution in [0.1, 0.15) is 5.56 Å². The molecule has 0 aliphatic rings. The number of anilines is 1. The molecule has 0 saturated heterocycles. The lowest BCUT2D eigenvalue weighted by atomic mass is 10.1. The van der Waals surface area contributed by atoms with Crippen LogP contribution < -0.4 is 15.6 Å². The fraction of sp³-hybridized carbons (Fsp3) is 0.118. The van der Waals surface area contributed by atoms with Crippen molar-refractivity contribution in [3.05, 3.63) is 70.3 Å². The van der Waals surface area contributed by atoms with Gasteiger partial charge in [-0.05, 0) is 48.5 Å². The number of H-pyrrole nitrogens is 1. The van der Waals surface area contributed by atoms with Gasteiger partial charge in [0, 0.05) is 28.7 Å². The first-order valence-corrected chi connectivity index (χ1v) is 6.85. The lowest BCUT2D eigenvalue weighted by Crippen LogP contribution is -2.15. The minimum atomic E-state index is -0.291. The van der Waals surface area contributed by atoms with Crippen molar-refractivity contribution >= 4 is 16.6 Å². The highest BCUT2D eigenvalue weighted by Crippen LogP contribution is 2.19. The molecule has 0 bridgehead atoms. The Kier molecular flexibility index (Phi) is 3.78. The number of hydrogen-bond acceptors (Lipinski definition) is 3. The molecule has 0 radical (unpaired) electrons. The number of rotatable bonds is 4. The number of fused-ring (bicyclic) bond motifs is 1. The van der Waals surface area contributed by atoms with E-state index in [2.05, 4.69) is 10.3 Å². The third-order valence-corrected chi connectivity index (χ3v) is 3.46. The van der Waals surface area contributed by atoms with Crippen molar-refractivity contribution in [2.24, 2.45) is 0 Å². The molecule has 5 heteroatoms. The van der Waals surface area contributed by atoms with Gasteiger partial charge < -0.3 is 15.0 Å². The van der Waals surface area contributed by atoms with E-state index in [1.165, 1.54) is 12.1 Å². The van der Waals surface area contributed by atoms with Crippen molar-refractivity contribution in [1.82, 2.24) is 4.98 Å². The van der Waals surface area contributed by atoms with Crippen LogP contribution in [-0.2, 0) is 6.54 Å². The van der Waals surface area contributed by atoms with Gasteiger partial charge in [-0.25, -0.2) is 4.39 Å². The molecule has 4 nitrogen and oxygen atoms in total. The Morgan fingerprint density at radius 3 is 2.64 bits per heavy atom. The van der Waals surface area contributed by atoms with Gasteiger partial charge in [0.05, 0.1) is 7.11 Å². The SMILES string of the molecule is COc1ccc2[nH]c(=O)c(CNc3ccc(F)cc3)cc2c1. The second-order valence-corrected chi connectivity index (χ2v) is 4.94. The molecule has 2 aromatic carbocycles. The number of aromatic nitrogens is 1. The van der Waals surface area contributed by atoms with E-state index < -0.39 is 0 Å². The zero-order valence-electron chi connectivity index (χ0n) is 12.0. The maximum absolute atomic E-state index is 12.9. The summed E-state index contributed by atoms with van der Waals surface area (Å²) in [5, 5.41) is 4.00. The zero-order chi connectivity index (χ0) is 15.5. The van der Waals surface area contributed by atoms with Crippen molar-refractivity contribution < 1.29 is 9.13 Å². The molecule has 0 atom stereocenters. The summed E-state index contributed by atoms with van der Waals surface area (Å²) in [6.45, 7) is 0.355. The summed E-state index contributed by atoms with van der Waals surface area (Å²) < 4.78 is 18.1. The first-order valence-electron chi connectivity index (χ1n) is 6.85. The highest BCUT2D eigenvalue weighted by molar-refractivity contribution is 5.80. The minimum absolute atomic E-state index is 0.146. The fourth-order valence-electron chi connectivity index (χ4n) is 2.25. The smallest absolute Gasteiger partial charge is 0.253 e. The lowest BCUT2D eigenvalue weighted by Gasteiger charge is -2.08. The Bertz CT molecular complexity index is 857. The van der Waals surface area contributed by atoms with E-state index in [0.717, 1.165) is 22.3 Å². The first-order chi connectivity index (χ1) is 10.7. The van der Waals surface area contributed by atoms with Crippen molar-refractivity contribution in [2.75, 3.05) is 12.4 Å². The van der Waals surface area contributed by atoms with E-state index in [0.29, 0.717) is 12.1 Å². The Morgan fingerprint density at radius 1 is 1.14 bits per heavy atom. The van der Waals surface area contributed by atoms with Gasteiger partial charge in [-0.2, -0.15) is 0 Å². The van der Waals surface area contributed by atoms with Crippen LogP contribution in [0.15, 0.2) is 53.3 Å². The molecule has 0 saturated carbocycles. The maximum atomic E-state index is 12.9. The number of ether oxygens (including phenoxy) is 1. The van der Waals surface area contributed by atoms with Crippen LogP contribution >= 0.6 is 0 Å². The minimum Gasteiger partial charge on any atom is -0.497 e. The molecular formula is C17H15FN2O2. The predicted octanol–water partition coefficient (Wildman–Crippen LogP) is 3.29. The highest BCUT2D eigenvalue weighted by Gasteiger charge is 2.04. The number of halogens is 1.